The van der Waals surface area contributed by atoms with E-state index in [-0.39, 0.29) is 13.2 Å². The summed E-state index contributed by atoms with van der Waals surface area (Å²) in [4.78, 5) is 8.67. The number of hydrogen-bond donors (Lipinski definition) is 4. The maximum Gasteiger partial charge on any atom is 0.191 e. The molecule has 0 bridgehead atoms. The third-order valence-electron chi connectivity index (χ3n) is 2.92. The zero-order valence-corrected chi connectivity index (χ0v) is 12.4. The van der Waals surface area contributed by atoms with Crippen LogP contribution in [0.4, 0.5) is 11.6 Å². The van der Waals surface area contributed by atoms with Gasteiger partial charge in [-0.25, -0.2) is 9.97 Å². The van der Waals surface area contributed by atoms with E-state index in [4.69, 9.17) is 0 Å². The Labute approximate surface area is 118 Å². The Kier molecular flexibility index (Phi) is 6.33. The van der Waals surface area contributed by atoms with Crippen molar-refractivity contribution in [3.8, 4) is 0 Å². The quantitative estimate of drug-likeness (QED) is 0.421. The number of hydrogen-bond acceptors (Lipinski definition) is 7. The predicted molar refractivity (Wildman–Crippen MR) is 78.8 cm³/mol. The summed E-state index contributed by atoms with van der Waals surface area (Å²) in [7, 11) is 0. The van der Waals surface area contributed by atoms with E-state index in [0.717, 1.165) is 12.4 Å². The lowest BCUT2D eigenvalue weighted by molar-refractivity contribution is 0.132. The summed E-state index contributed by atoms with van der Waals surface area (Å²) in [6.07, 6.45) is 2.50. The number of aromatic nitrogens is 2. The van der Waals surface area contributed by atoms with E-state index in [1.807, 2.05) is 20.1 Å². The van der Waals surface area contributed by atoms with Gasteiger partial charge in [-0.2, -0.15) is 0 Å². The number of nitrogens with one attached hydrogen (secondary N) is 2. The van der Waals surface area contributed by atoms with Crippen LogP contribution in [-0.4, -0.2) is 51.7 Å². The number of rotatable bonds is 8. The van der Waals surface area contributed by atoms with Gasteiger partial charge in [-0.1, -0.05) is 18.7 Å². The van der Waals surface area contributed by atoms with Crippen molar-refractivity contribution in [2.75, 3.05) is 36.6 Å². The van der Waals surface area contributed by atoms with Crippen molar-refractivity contribution in [1.82, 2.24) is 9.97 Å². The van der Waals surface area contributed by atoms with Gasteiger partial charge in [-0.3, -0.25) is 0 Å². The molecule has 4 N–H and O–H groups in total. The molecule has 0 amide bonds. The summed E-state index contributed by atoms with van der Waals surface area (Å²) in [5.74, 6) is 1.32. The Balaban J connectivity index is 3.01. The predicted octanol–water partition coefficient (Wildman–Crippen LogP) is 1.18. The average molecular weight is 286 g/mol. The molecule has 108 valence electrons. The lowest BCUT2D eigenvalue weighted by Crippen LogP contribution is -2.45. The van der Waals surface area contributed by atoms with Gasteiger partial charge < -0.3 is 20.8 Å². The lowest BCUT2D eigenvalue weighted by atomic mass is 9.98. The fourth-order valence-electron chi connectivity index (χ4n) is 1.56. The zero-order valence-electron chi connectivity index (χ0n) is 11.6. The molecule has 0 radical (unpaired) electrons. The monoisotopic (exact) mass is 286 g/mol. The van der Waals surface area contributed by atoms with Crippen LogP contribution in [0.25, 0.3) is 0 Å². The molecule has 0 aromatic carbocycles. The smallest absolute Gasteiger partial charge is 0.191 e. The van der Waals surface area contributed by atoms with Gasteiger partial charge in [-0.15, -0.1) is 0 Å². The fraction of sp³-hybridized carbons (Fsp3) is 0.667. The van der Waals surface area contributed by atoms with Crippen LogP contribution in [0.5, 0.6) is 0 Å². The maximum absolute atomic E-state index is 9.45. The molecule has 0 unspecified atom stereocenters. The molecule has 1 rings (SSSR count). The van der Waals surface area contributed by atoms with Gasteiger partial charge in [0.15, 0.2) is 5.16 Å². The van der Waals surface area contributed by atoms with Gasteiger partial charge in [0.1, 0.15) is 11.6 Å². The Bertz CT molecular complexity index is 391. The van der Waals surface area contributed by atoms with E-state index < -0.39 is 5.54 Å². The summed E-state index contributed by atoms with van der Waals surface area (Å²) in [5.41, 5.74) is -0.756. The molecule has 0 atom stereocenters. The van der Waals surface area contributed by atoms with Crippen LogP contribution >= 0.6 is 11.8 Å². The second kappa shape index (κ2) is 7.52. The van der Waals surface area contributed by atoms with Gasteiger partial charge in [0, 0.05) is 12.6 Å². The molecule has 0 aliphatic carbocycles. The molecule has 1 aromatic heterocycles. The Morgan fingerprint density at radius 3 is 2.32 bits per heavy atom. The van der Waals surface area contributed by atoms with Gasteiger partial charge >= 0.3 is 0 Å². The highest BCUT2D eigenvalue weighted by Crippen LogP contribution is 2.21. The van der Waals surface area contributed by atoms with Crippen LogP contribution in [0.2, 0.25) is 0 Å². The molecule has 19 heavy (non-hydrogen) atoms. The van der Waals surface area contributed by atoms with Crippen LogP contribution in [0, 0.1) is 0 Å². The summed E-state index contributed by atoms with van der Waals surface area (Å²) in [6, 6.07) is 1.78. The van der Waals surface area contributed by atoms with E-state index in [1.165, 1.54) is 11.8 Å². The van der Waals surface area contributed by atoms with E-state index >= 15 is 0 Å². The summed E-state index contributed by atoms with van der Waals surface area (Å²) >= 11 is 1.44. The molecule has 0 aliphatic rings. The first kappa shape index (κ1) is 16.0. The SMILES string of the molecule is CCNc1cc(NC(CC)(CO)CO)nc(SC)n1. The third-order valence-corrected chi connectivity index (χ3v) is 3.47. The molecule has 6 nitrogen and oxygen atoms in total. The number of aliphatic hydroxyl groups is 2. The second-order valence-electron chi connectivity index (χ2n) is 4.23. The summed E-state index contributed by atoms with van der Waals surface area (Å²) in [5, 5.41) is 25.8. The molecule has 7 heteroatoms. The van der Waals surface area contributed by atoms with Crippen molar-refractivity contribution in [2.45, 2.75) is 31.0 Å². The minimum Gasteiger partial charge on any atom is -0.394 e. The van der Waals surface area contributed by atoms with E-state index in [0.29, 0.717) is 17.4 Å². The summed E-state index contributed by atoms with van der Waals surface area (Å²) < 4.78 is 0. The minimum atomic E-state index is -0.756. The molecule has 0 fully saturated rings. The highest BCUT2D eigenvalue weighted by atomic mass is 32.2. The molecule has 0 saturated carbocycles. The number of anilines is 2. The van der Waals surface area contributed by atoms with Crippen molar-refractivity contribution in [2.24, 2.45) is 0 Å². The van der Waals surface area contributed by atoms with Gasteiger partial charge in [-0.05, 0) is 19.6 Å². The topological polar surface area (TPSA) is 90.3 Å². The first-order chi connectivity index (χ1) is 9.12. The highest BCUT2D eigenvalue weighted by molar-refractivity contribution is 7.98. The number of nitrogens with zero attached hydrogens (tertiary/aromatic N) is 2. The maximum atomic E-state index is 9.45. The first-order valence-corrected chi connectivity index (χ1v) is 7.52. The van der Waals surface area contributed by atoms with E-state index in [9.17, 15) is 10.2 Å². The molecular formula is C12H22N4O2S. The minimum absolute atomic E-state index is 0.158. The largest absolute Gasteiger partial charge is 0.394 e. The van der Waals surface area contributed by atoms with Crippen LogP contribution in [0.1, 0.15) is 20.3 Å². The zero-order chi connectivity index (χ0) is 14.3. The van der Waals surface area contributed by atoms with Gasteiger partial charge in [0.2, 0.25) is 0 Å². The van der Waals surface area contributed by atoms with Crippen molar-refractivity contribution in [1.29, 1.82) is 0 Å². The van der Waals surface area contributed by atoms with E-state index in [1.54, 1.807) is 6.07 Å². The molecule has 1 aromatic rings. The van der Waals surface area contributed by atoms with E-state index in [2.05, 4.69) is 20.6 Å². The van der Waals surface area contributed by atoms with Crippen molar-refractivity contribution in [3.05, 3.63) is 6.07 Å². The van der Waals surface area contributed by atoms with Crippen LogP contribution < -0.4 is 10.6 Å². The van der Waals surface area contributed by atoms with Crippen molar-refractivity contribution < 1.29 is 10.2 Å². The molecule has 1 heterocycles. The Morgan fingerprint density at radius 2 is 1.84 bits per heavy atom. The normalized spacial score (nSPS) is 11.4. The van der Waals surface area contributed by atoms with Gasteiger partial charge in [0.05, 0.1) is 18.8 Å². The number of thioether (sulfide) groups is 1. The standard InChI is InChI=1S/C12H22N4O2S/c1-4-12(7-17,8-18)16-10-6-9(13-5-2)14-11(15-10)19-3/h6,17-18H,4-5,7-8H2,1-3H3,(H2,13,14,15,16). The van der Waals surface area contributed by atoms with Crippen LogP contribution in [0.15, 0.2) is 11.2 Å². The van der Waals surface area contributed by atoms with Crippen LogP contribution in [0.3, 0.4) is 0 Å². The Hall–Kier alpha value is -1.05. The molecular weight excluding hydrogens is 264 g/mol. The van der Waals surface area contributed by atoms with Crippen molar-refractivity contribution in [3.63, 3.8) is 0 Å². The first-order valence-electron chi connectivity index (χ1n) is 6.30. The van der Waals surface area contributed by atoms with Crippen LogP contribution in [-0.2, 0) is 0 Å². The Morgan fingerprint density at radius 1 is 1.21 bits per heavy atom. The molecule has 0 spiro atoms. The second-order valence-corrected chi connectivity index (χ2v) is 5.00. The third kappa shape index (κ3) is 4.22. The average Bonchev–Trinajstić information content (AvgIpc) is 2.45. The molecule has 0 saturated heterocycles. The van der Waals surface area contributed by atoms with Gasteiger partial charge in [0.25, 0.3) is 0 Å². The fourth-order valence-corrected chi connectivity index (χ4v) is 1.94. The lowest BCUT2D eigenvalue weighted by Gasteiger charge is -2.30. The molecule has 0 aliphatic heterocycles. The summed E-state index contributed by atoms with van der Waals surface area (Å²) in [6.45, 7) is 4.35. The highest BCUT2D eigenvalue weighted by Gasteiger charge is 2.27. The van der Waals surface area contributed by atoms with Crippen molar-refractivity contribution >= 4 is 23.4 Å². The number of aliphatic hydroxyl groups excluding tert-OH is 2.